The standard InChI is InChI=1S/C15H24N2O/c1-10-5-6-12(16)11(7-10)9-17-13-8-14(18-4)15(13,2)3/h5-7,13-14,17H,8-9,16H2,1-4H3. The molecule has 2 unspecified atom stereocenters. The summed E-state index contributed by atoms with van der Waals surface area (Å²) in [5.41, 5.74) is 9.50. The number of nitrogens with one attached hydrogen (secondary N) is 1. The largest absolute Gasteiger partial charge is 0.398 e. The van der Waals surface area contributed by atoms with Gasteiger partial charge >= 0.3 is 0 Å². The Hall–Kier alpha value is -1.06. The number of hydrogen-bond donors (Lipinski definition) is 2. The fourth-order valence-corrected chi connectivity index (χ4v) is 2.75. The van der Waals surface area contributed by atoms with Crippen LogP contribution in [-0.2, 0) is 11.3 Å². The Balaban J connectivity index is 1.95. The van der Waals surface area contributed by atoms with Crippen molar-refractivity contribution in [2.45, 2.75) is 45.9 Å². The smallest absolute Gasteiger partial charge is 0.0652 e. The second-order valence-corrected chi connectivity index (χ2v) is 5.92. The summed E-state index contributed by atoms with van der Waals surface area (Å²) in [7, 11) is 1.79. The van der Waals surface area contributed by atoms with Gasteiger partial charge in [-0.2, -0.15) is 0 Å². The van der Waals surface area contributed by atoms with Gasteiger partial charge in [0.1, 0.15) is 0 Å². The summed E-state index contributed by atoms with van der Waals surface area (Å²) in [5.74, 6) is 0. The van der Waals surface area contributed by atoms with Crippen LogP contribution in [0.1, 0.15) is 31.4 Å². The highest BCUT2D eigenvalue weighted by atomic mass is 16.5. The molecule has 1 aliphatic carbocycles. The van der Waals surface area contributed by atoms with E-state index in [2.05, 4.69) is 32.2 Å². The fourth-order valence-electron chi connectivity index (χ4n) is 2.75. The zero-order valence-electron chi connectivity index (χ0n) is 11.8. The van der Waals surface area contributed by atoms with Crippen molar-refractivity contribution in [3.63, 3.8) is 0 Å². The molecule has 2 rings (SSSR count). The van der Waals surface area contributed by atoms with Crippen LogP contribution in [0.5, 0.6) is 0 Å². The predicted molar refractivity (Wildman–Crippen MR) is 75.4 cm³/mol. The van der Waals surface area contributed by atoms with Crippen LogP contribution in [0, 0.1) is 12.3 Å². The van der Waals surface area contributed by atoms with Gasteiger partial charge in [0.25, 0.3) is 0 Å². The number of ether oxygens (including phenoxy) is 1. The number of benzene rings is 1. The van der Waals surface area contributed by atoms with E-state index in [0.717, 1.165) is 18.7 Å². The molecule has 1 saturated carbocycles. The van der Waals surface area contributed by atoms with Crippen LogP contribution in [0.3, 0.4) is 0 Å². The highest BCUT2D eigenvalue weighted by Gasteiger charge is 2.48. The second-order valence-electron chi connectivity index (χ2n) is 5.92. The van der Waals surface area contributed by atoms with Crippen LogP contribution in [0.25, 0.3) is 0 Å². The third-order valence-corrected chi connectivity index (χ3v) is 4.30. The molecule has 1 aromatic rings. The van der Waals surface area contributed by atoms with Gasteiger partial charge in [-0.1, -0.05) is 31.5 Å². The van der Waals surface area contributed by atoms with Gasteiger partial charge in [-0.05, 0) is 25.0 Å². The molecular weight excluding hydrogens is 224 g/mol. The number of rotatable bonds is 4. The van der Waals surface area contributed by atoms with Crippen LogP contribution in [0.4, 0.5) is 5.69 Å². The van der Waals surface area contributed by atoms with Crippen LogP contribution in [-0.4, -0.2) is 19.3 Å². The molecule has 2 atom stereocenters. The molecule has 0 spiro atoms. The summed E-state index contributed by atoms with van der Waals surface area (Å²) in [6.45, 7) is 7.43. The Labute approximate surface area is 110 Å². The summed E-state index contributed by atoms with van der Waals surface area (Å²) >= 11 is 0. The first-order valence-corrected chi connectivity index (χ1v) is 6.56. The van der Waals surface area contributed by atoms with Gasteiger partial charge in [0.05, 0.1) is 6.10 Å². The van der Waals surface area contributed by atoms with Crippen LogP contribution >= 0.6 is 0 Å². The normalized spacial score (nSPS) is 25.8. The maximum absolute atomic E-state index is 5.99. The number of anilines is 1. The van der Waals surface area contributed by atoms with E-state index in [0.29, 0.717) is 12.1 Å². The molecule has 100 valence electrons. The first-order valence-electron chi connectivity index (χ1n) is 6.56. The average molecular weight is 248 g/mol. The Bertz CT molecular complexity index is 429. The molecule has 0 heterocycles. The number of aryl methyl sites for hydroxylation is 1. The van der Waals surface area contributed by atoms with Crippen molar-refractivity contribution in [3.8, 4) is 0 Å². The quantitative estimate of drug-likeness (QED) is 0.805. The van der Waals surface area contributed by atoms with Gasteiger partial charge in [-0.25, -0.2) is 0 Å². The Kier molecular flexibility index (Phi) is 3.64. The summed E-state index contributed by atoms with van der Waals surface area (Å²) in [6.07, 6.45) is 1.44. The molecule has 0 amide bonds. The third kappa shape index (κ3) is 2.38. The number of nitrogens with two attached hydrogens (primary N) is 1. The molecule has 0 saturated heterocycles. The molecule has 1 aromatic carbocycles. The fraction of sp³-hybridized carbons (Fsp3) is 0.600. The molecule has 3 N–H and O–H groups in total. The maximum Gasteiger partial charge on any atom is 0.0652 e. The molecule has 0 radical (unpaired) electrons. The number of nitrogen functional groups attached to an aromatic ring is 1. The highest BCUT2D eigenvalue weighted by molar-refractivity contribution is 5.48. The zero-order valence-corrected chi connectivity index (χ0v) is 11.8. The topological polar surface area (TPSA) is 47.3 Å². The second kappa shape index (κ2) is 4.90. The van der Waals surface area contributed by atoms with Crippen molar-refractivity contribution in [1.29, 1.82) is 0 Å². The van der Waals surface area contributed by atoms with E-state index >= 15 is 0 Å². The van der Waals surface area contributed by atoms with Gasteiger partial charge in [0.2, 0.25) is 0 Å². The van der Waals surface area contributed by atoms with E-state index in [-0.39, 0.29) is 5.41 Å². The van der Waals surface area contributed by atoms with Gasteiger partial charge in [-0.3, -0.25) is 0 Å². The lowest BCUT2D eigenvalue weighted by Crippen LogP contribution is -2.60. The van der Waals surface area contributed by atoms with Crippen molar-refractivity contribution in [2.75, 3.05) is 12.8 Å². The van der Waals surface area contributed by atoms with Gasteiger partial charge in [0.15, 0.2) is 0 Å². The molecule has 3 nitrogen and oxygen atoms in total. The SMILES string of the molecule is COC1CC(NCc2cc(C)ccc2N)C1(C)C. The lowest BCUT2D eigenvalue weighted by atomic mass is 9.64. The van der Waals surface area contributed by atoms with E-state index in [1.54, 1.807) is 7.11 Å². The molecule has 0 bridgehead atoms. The molecule has 1 fully saturated rings. The van der Waals surface area contributed by atoms with E-state index in [4.69, 9.17) is 10.5 Å². The number of methoxy groups -OCH3 is 1. The van der Waals surface area contributed by atoms with Gasteiger partial charge in [-0.15, -0.1) is 0 Å². The highest BCUT2D eigenvalue weighted by Crippen LogP contribution is 2.42. The van der Waals surface area contributed by atoms with E-state index < -0.39 is 0 Å². The Morgan fingerprint density at radius 1 is 1.44 bits per heavy atom. The molecule has 0 aromatic heterocycles. The van der Waals surface area contributed by atoms with Gasteiger partial charge < -0.3 is 15.8 Å². The van der Waals surface area contributed by atoms with Crippen molar-refractivity contribution >= 4 is 5.69 Å². The minimum Gasteiger partial charge on any atom is -0.398 e. The average Bonchev–Trinajstić information content (AvgIpc) is 2.32. The minimum absolute atomic E-state index is 0.202. The van der Waals surface area contributed by atoms with Crippen molar-refractivity contribution in [1.82, 2.24) is 5.32 Å². The van der Waals surface area contributed by atoms with Crippen molar-refractivity contribution in [2.24, 2.45) is 5.41 Å². The molecule has 18 heavy (non-hydrogen) atoms. The minimum atomic E-state index is 0.202. The predicted octanol–water partition coefficient (Wildman–Crippen LogP) is 2.48. The maximum atomic E-state index is 5.99. The van der Waals surface area contributed by atoms with Crippen LogP contribution < -0.4 is 11.1 Å². The van der Waals surface area contributed by atoms with E-state index in [9.17, 15) is 0 Å². The summed E-state index contributed by atoms with van der Waals surface area (Å²) < 4.78 is 5.46. The van der Waals surface area contributed by atoms with Crippen molar-refractivity contribution < 1.29 is 4.74 Å². The monoisotopic (exact) mass is 248 g/mol. The summed E-state index contributed by atoms with van der Waals surface area (Å²) in [6, 6.07) is 6.69. The lowest BCUT2D eigenvalue weighted by molar-refractivity contribution is -0.0978. The lowest BCUT2D eigenvalue weighted by Gasteiger charge is -2.51. The van der Waals surface area contributed by atoms with E-state index in [1.165, 1.54) is 11.1 Å². The van der Waals surface area contributed by atoms with Crippen LogP contribution in [0.2, 0.25) is 0 Å². The summed E-state index contributed by atoms with van der Waals surface area (Å²) in [4.78, 5) is 0. The number of hydrogen-bond acceptors (Lipinski definition) is 3. The summed E-state index contributed by atoms with van der Waals surface area (Å²) in [5, 5.41) is 3.60. The Morgan fingerprint density at radius 2 is 2.17 bits per heavy atom. The van der Waals surface area contributed by atoms with E-state index in [1.807, 2.05) is 12.1 Å². The van der Waals surface area contributed by atoms with Crippen molar-refractivity contribution in [3.05, 3.63) is 29.3 Å². The molecule has 1 aliphatic rings. The molecule has 0 aliphatic heterocycles. The third-order valence-electron chi connectivity index (χ3n) is 4.30. The zero-order chi connectivity index (χ0) is 13.3. The van der Waals surface area contributed by atoms with Gasteiger partial charge in [0, 0.05) is 30.8 Å². The Morgan fingerprint density at radius 3 is 2.78 bits per heavy atom. The molecule has 3 heteroatoms. The van der Waals surface area contributed by atoms with Crippen LogP contribution in [0.15, 0.2) is 18.2 Å². The first kappa shape index (κ1) is 13.4. The molecular formula is C15H24N2O. The first-order chi connectivity index (χ1) is 8.45.